The summed E-state index contributed by atoms with van der Waals surface area (Å²) in [5.41, 5.74) is 0.0760. The molecule has 0 aliphatic rings. The van der Waals surface area contributed by atoms with Crippen LogP contribution in [0.5, 0.6) is 0 Å². The number of hydrogen-bond donors (Lipinski definition) is 1. The van der Waals surface area contributed by atoms with Gasteiger partial charge in [0.2, 0.25) is 0 Å². The van der Waals surface area contributed by atoms with Crippen molar-refractivity contribution in [3.8, 4) is 0 Å². The molecule has 0 spiro atoms. The topological polar surface area (TPSA) is 72.8 Å². The van der Waals surface area contributed by atoms with Crippen LogP contribution in [0.2, 0.25) is 0 Å². The lowest BCUT2D eigenvalue weighted by atomic mass is 10.1. The second-order valence-electron chi connectivity index (χ2n) is 11.0. The van der Waals surface area contributed by atoms with Crippen LogP contribution in [0.1, 0.15) is 168 Å². The molecule has 0 saturated carbocycles. The molecule has 0 aliphatic carbocycles. The summed E-state index contributed by atoms with van der Waals surface area (Å²) in [6, 6.07) is 0. The fraction of sp³-hybridized carbons (Fsp3) is 0.879. The normalized spacial score (nSPS) is 12.6. The summed E-state index contributed by atoms with van der Waals surface area (Å²) in [6.07, 6.45) is 31.9. The molecule has 2 atom stereocenters. The molecule has 0 radical (unpaired) electrons. The summed E-state index contributed by atoms with van der Waals surface area (Å²) in [7, 11) is -0.292. The molecule has 0 fully saturated rings. The van der Waals surface area contributed by atoms with Crippen molar-refractivity contribution in [2.45, 2.75) is 174 Å². The number of unbranched alkanes of at least 4 members (excludes halogenated alkanes) is 19. The minimum absolute atomic E-state index is 0.0143. The number of rotatable bonds is 31. The third-order valence-corrected chi connectivity index (χ3v) is 8.05. The maximum absolute atomic E-state index is 12.1. The lowest BCUT2D eigenvalue weighted by molar-refractivity contribution is -0.146. The van der Waals surface area contributed by atoms with Gasteiger partial charge in [0.05, 0.1) is 15.4 Å². The highest BCUT2D eigenvalue weighted by atomic mass is 31.1. The standard InChI is InChI=1S/C33H63O5P/c1-3-5-7-9-11-13-14-15-16-17-18-20-22-24-26-28-33(36)39-38-31(29-34)30-37-32(35)27-25-23-21-19-12-10-8-6-4-2/h15-16,31,34,39H,3-14,17-30H2,1-2H3. The maximum atomic E-state index is 12.1. The monoisotopic (exact) mass is 570 g/mol. The van der Waals surface area contributed by atoms with Gasteiger partial charge in [-0.15, -0.1) is 0 Å². The number of ether oxygens (including phenoxy) is 1. The Bertz CT molecular complexity index is 566. The summed E-state index contributed by atoms with van der Waals surface area (Å²) in [5, 5.41) is 9.49. The Morgan fingerprint density at radius 3 is 1.56 bits per heavy atom. The molecule has 0 aliphatic heterocycles. The van der Waals surface area contributed by atoms with Crippen LogP contribution < -0.4 is 0 Å². The van der Waals surface area contributed by atoms with Crippen molar-refractivity contribution in [3.05, 3.63) is 12.2 Å². The molecule has 0 bridgehead atoms. The molecule has 0 aromatic heterocycles. The van der Waals surface area contributed by atoms with Crippen LogP contribution in [0.4, 0.5) is 0 Å². The molecule has 0 amide bonds. The minimum Gasteiger partial charge on any atom is -0.463 e. The zero-order valence-corrected chi connectivity index (χ0v) is 26.7. The minimum atomic E-state index is -0.617. The number of carbonyl (C=O) groups excluding carboxylic acids is 2. The number of allylic oxidation sites excluding steroid dienone is 2. The molecule has 6 heteroatoms. The highest BCUT2D eigenvalue weighted by Gasteiger charge is 2.14. The van der Waals surface area contributed by atoms with E-state index in [4.69, 9.17) is 9.26 Å². The van der Waals surface area contributed by atoms with Crippen LogP contribution >= 0.6 is 8.81 Å². The van der Waals surface area contributed by atoms with Crippen LogP contribution in [-0.2, 0) is 18.8 Å². The average molecular weight is 571 g/mol. The number of hydrogen-bond acceptors (Lipinski definition) is 5. The zero-order chi connectivity index (χ0) is 28.7. The van der Waals surface area contributed by atoms with E-state index in [1.807, 2.05) is 0 Å². The van der Waals surface area contributed by atoms with Gasteiger partial charge >= 0.3 is 5.97 Å². The molecule has 0 saturated heterocycles. The van der Waals surface area contributed by atoms with Crippen molar-refractivity contribution in [2.75, 3.05) is 13.2 Å². The second kappa shape index (κ2) is 31.8. The zero-order valence-electron chi connectivity index (χ0n) is 25.7. The Hall–Kier alpha value is -0.770. The third kappa shape index (κ3) is 30.0. The van der Waals surface area contributed by atoms with E-state index in [1.54, 1.807) is 0 Å². The molecule has 2 unspecified atom stereocenters. The second-order valence-corrected chi connectivity index (χ2v) is 12.0. The molecule has 230 valence electrons. The van der Waals surface area contributed by atoms with Crippen LogP contribution in [0.3, 0.4) is 0 Å². The Labute approximate surface area is 243 Å². The summed E-state index contributed by atoms with van der Waals surface area (Å²) >= 11 is 0. The van der Waals surface area contributed by atoms with Gasteiger partial charge in [-0.2, -0.15) is 0 Å². The largest absolute Gasteiger partial charge is 0.463 e. The highest BCUT2D eigenvalue weighted by Crippen LogP contribution is 2.21. The van der Waals surface area contributed by atoms with Gasteiger partial charge in [-0.25, -0.2) is 0 Å². The van der Waals surface area contributed by atoms with Crippen molar-refractivity contribution in [2.24, 2.45) is 0 Å². The maximum Gasteiger partial charge on any atom is 0.305 e. The van der Waals surface area contributed by atoms with Gasteiger partial charge < -0.3 is 14.4 Å². The van der Waals surface area contributed by atoms with E-state index in [9.17, 15) is 14.7 Å². The fourth-order valence-electron chi connectivity index (χ4n) is 4.52. The first kappa shape index (κ1) is 38.2. The first-order valence-corrected chi connectivity index (χ1v) is 17.4. The Morgan fingerprint density at radius 1 is 0.641 bits per heavy atom. The van der Waals surface area contributed by atoms with Crippen molar-refractivity contribution < 1.29 is 24.0 Å². The van der Waals surface area contributed by atoms with E-state index in [0.717, 1.165) is 38.5 Å². The van der Waals surface area contributed by atoms with Crippen molar-refractivity contribution in [3.63, 3.8) is 0 Å². The molecule has 0 aromatic rings. The lowest BCUT2D eigenvalue weighted by Gasteiger charge is -2.15. The SMILES string of the molecule is CCCCCCCCC=CCCCCCCCC(=O)POC(CO)COC(=O)CCCCCCCCCCC. The van der Waals surface area contributed by atoms with E-state index < -0.39 is 6.10 Å². The predicted molar refractivity (Wildman–Crippen MR) is 168 cm³/mol. The molecule has 1 N–H and O–H groups in total. The van der Waals surface area contributed by atoms with Gasteiger partial charge in [0.25, 0.3) is 0 Å². The molecule has 39 heavy (non-hydrogen) atoms. The summed E-state index contributed by atoms with van der Waals surface area (Å²) < 4.78 is 10.8. The Morgan fingerprint density at radius 2 is 1.08 bits per heavy atom. The van der Waals surface area contributed by atoms with E-state index in [2.05, 4.69) is 26.0 Å². The van der Waals surface area contributed by atoms with Gasteiger partial charge in [-0.05, 0) is 38.5 Å². The highest BCUT2D eigenvalue weighted by molar-refractivity contribution is 7.53. The molecular weight excluding hydrogens is 507 g/mol. The van der Waals surface area contributed by atoms with Gasteiger partial charge in [0.15, 0.2) is 5.52 Å². The van der Waals surface area contributed by atoms with Crippen LogP contribution in [0.15, 0.2) is 12.2 Å². The predicted octanol–water partition coefficient (Wildman–Crippen LogP) is 9.99. The molecular formula is C33H63O5P. The van der Waals surface area contributed by atoms with Crippen molar-refractivity contribution >= 4 is 20.3 Å². The average Bonchev–Trinajstić information content (AvgIpc) is 2.94. The van der Waals surface area contributed by atoms with Gasteiger partial charge in [-0.3, -0.25) is 9.59 Å². The van der Waals surface area contributed by atoms with Gasteiger partial charge in [0, 0.05) is 12.8 Å². The van der Waals surface area contributed by atoms with Gasteiger partial charge in [-0.1, -0.05) is 129 Å². The first-order chi connectivity index (χ1) is 19.1. The molecule has 0 heterocycles. The quantitative estimate of drug-likeness (QED) is 0.0388. The van der Waals surface area contributed by atoms with Gasteiger partial charge in [0.1, 0.15) is 12.7 Å². The summed E-state index contributed by atoms with van der Waals surface area (Å²) in [5.74, 6) is -0.247. The summed E-state index contributed by atoms with van der Waals surface area (Å²) in [6.45, 7) is 4.25. The first-order valence-electron chi connectivity index (χ1n) is 16.5. The molecule has 5 nitrogen and oxygen atoms in total. The number of aliphatic hydroxyl groups is 1. The van der Waals surface area contributed by atoms with Crippen LogP contribution in [0, 0.1) is 0 Å². The molecule has 0 aromatic carbocycles. The lowest BCUT2D eigenvalue weighted by Crippen LogP contribution is -2.23. The van der Waals surface area contributed by atoms with E-state index in [0.29, 0.717) is 12.8 Å². The fourth-order valence-corrected chi connectivity index (χ4v) is 5.24. The Kier molecular flexibility index (Phi) is 31.1. The number of esters is 1. The van der Waals surface area contributed by atoms with Crippen LogP contribution in [-0.4, -0.2) is 35.9 Å². The van der Waals surface area contributed by atoms with Crippen LogP contribution in [0.25, 0.3) is 0 Å². The van der Waals surface area contributed by atoms with Crippen molar-refractivity contribution in [1.29, 1.82) is 0 Å². The molecule has 0 rings (SSSR count). The Balaban J connectivity index is 3.56. The van der Waals surface area contributed by atoms with E-state index in [1.165, 1.54) is 103 Å². The number of carbonyl (C=O) groups is 2. The third-order valence-electron chi connectivity index (χ3n) is 7.12. The number of aliphatic hydroxyl groups excluding tert-OH is 1. The van der Waals surface area contributed by atoms with E-state index >= 15 is 0 Å². The smallest absolute Gasteiger partial charge is 0.305 e. The van der Waals surface area contributed by atoms with E-state index in [-0.39, 0.29) is 33.5 Å². The van der Waals surface area contributed by atoms with Crippen molar-refractivity contribution in [1.82, 2.24) is 0 Å². The summed E-state index contributed by atoms with van der Waals surface area (Å²) in [4.78, 5) is 24.1.